The summed E-state index contributed by atoms with van der Waals surface area (Å²) in [6.07, 6.45) is 7.22. The van der Waals surface area contributed by atoms with Gasteiger partial charge in [-0.3, -0.25) is 4.90 Å². The van der Waals surface area contributed by atoms with Gasteiger partial charge in [0.05, 0.1) is 5.60 Å². The van der Waals surface area contributed by atoms with Gasteiger partial charge in [-0.05, 0) is 39.2 Å². The van der Waals surface area contributed by atoms with E-state index < -0.39 is 11.8 Å². The van der Waals surface area contributed by atoms with Crippen LogP contribution in [-0.4, -0.2) is 41.4 Å². The van der Waals surface area contributed by atoms with E-state index in [0.717, 1.165) is 38.5 Å². The van der Waals surface area contributed by atoms with Crippen molar-refractivity contribution in [1.82, 2.24) is 4.90 Å². The van der Waals surface area contributed by atoms with Gasteiger partial charge in [0.2, 0.25) is 0 Å². The molecule has 0 unspecified atom stereocenters. The van der Waals surface area contributed by atoms with Crippen LogP contribution >= 0.6 is 0 Å². The monoisotopic (exact) mass is 229 g/mol. The Balaban J connectivity index is 1.87. The summed E-state index contributed by atoms with van der Waals surface area (Å²) < 4.78 is 13.6. The Morgan fingerprint density at radius 2 is 1.88 bits per heavy atom. The average Bonchev–Trinajstić information content (AvgIpc) is 2.65. The van der Waals surface area contributed by atoms with E-state index >= 15 is 0 Å². The summed E-state index contributed by atoms with van der Waals surface area (Å²) in [5, 5.41) is 10.4. The number of nitrogens with zero attached hydrogens (tertiary/aromatic N) is 1. The highest BCUT2D eigenvalue weighted by molar-refractivity contribution is 4.90. The minimum Gasteiger partial charge on any atom is -0.389 e. The van der Waals surface area contributed by atoms with Gasteiger partial charge in [-0.25, -0.2) is 4.39 Å². The van der Waals surface area contributed by atoms with Crippen LogP contribution in [0.1, 0.15) is 51.4 Å². The van der Waals surface area contributed by atoms with E-state index in [9.17, 15) is 9.50 Å². The van der Waals surface area contributed by atoms with E-state index in [1.807, 2.05) is 7.05 Å². The number of alkyl halides is 1. The molecule has 0 aromatic rings. The molecule has 16 heavy (non-hydrogen) atoms. The van der Waals surface area contributed by atoms with Crippen molar-refractivity contribution in [3.63, 3.8) is 0 Å². The quantitative estimate of drug-likeness (QED) is 0.803. The highest BCUT2D eigenvalue weighted by Gasteiger charge is 2.36. The van der Waals surface area contributed by atoms with E-state index in [1.54, 1.807) is 0 Å². The van der Waals surface area contributed by atoms with E-state index in [4.69, 9.17) is 0 Å². The molecule has 0 amide bonds. The lowest BCUT2D eigenvalue weighted by atomic mass is 9.84. The first kappa shape index (κ1) is 12.3. The first-order valence-corrected chi connectivity index (χ1v) is 6.67. The third-order valence-corrected chi connectivity index (χ3v) is 4.29. The highest BCUT2D eigenvalue weighted by atomic mass is 19.1. The Labute approximate surface area is 97.8 Å². The average molecular weight is 229 g/mol. The van der Waals surface area contributed by atoms with Crippen LogP contribution in [0.15, 0.2) is 0 Å². The van der Waals surface area contributed by atoms with Gasteiger partial charge in [0.1, 0.15) is 6.17 Å². The van der Waals surface area contributed by atoms with Crippen molar-refractivity contribution in [1.29, 1.82) is 0 Å². The fourth-order valence-electron chi connectivity index (χ4n) is 3.34. The summed E-state index contributed by atoms with van der Waals surface area (Å²) in [5.74, 6) is 0. The summed E-state index contributed by atoms with van der Waals surface area (Å²) in [4.78, 5) is 2.06. The predicted molar refractivity (Wildman–Crippen MR) is 63.2 cm³/mol. The van der Waals surface area contributed by atoms with Gasteiger partial charge in [-0.2, -0.15) is 0 Å². The lowest BCUT2D eigenvalue weighted by Gasteiger charge is -2.38. The van der Waals surface area contributed by atoms with E-state index in [2.05, 4.69) is 4.90 Å². The molecule has 0 saturated heterocycles. The van der Waals surface area contributed by atoms with Crippen molar-refractivity contribution in [2.24, 2.45) is 0 Å². The molecule has 2 atom stereocenters. The largest absolute Gasteiger partial charge is 0.389 e. The zero-order valence-electron chi connectivity index (χ0n) is 10.3. The van der Waals surface area contributed by atoms with Crippen molar-refractivity contribution >= 4 is 0 Å². The molecule has 0 bridgehead atoms. The van der Waals surface area contributed by atoms with Crippen molar-refractivity contribution in [2.75, 3.05) is 13.6 Å². The molecule has 2 aliphatic rings. The zero-order chi connectivity index (χ0) is 11.6. The van der Waals surface area contributed by atoms with Crippen LogP contribution in [-0.2, 0) is 0 Å². The molecule has 0 radical (unpaired) electrons. The fourth-order valence-corrected chi connectivity index (χ4v) is 3.34. The second-order valence-corrected chi connectivity index (χ2v) is 5.71. The molecule has 0 heterocycles. The highest BCUT2D eigenvalue weighted by Crippen LogP contribution is 2.32. The number of aliphatic hydroxyl groups is 1. The Bertz CT molecular complexity index is 228. The number of hydrogen-bond donors (Lipinski definition) is 1. The van der Waals surface area contributed by atoms with Gasteiger partial charge < -0.3 is 5.11 Å². The minimum atomic E-state index is -0.683. The van der Waals surface area contributed by atoms with Gasteiger partial charge in [0, 0.05) is 12.6 Å². The van der Waals surface area contributed by atoms with Crippen LogP contribution in [0.25, 0.3) is 0 Å². The molecule has 94 valence electrons. The molecule has 2 saturated carbocycles. The van der Waals surface area contributed by atoms with Crippen molar-refractivity contribution in [3.05, 3.63) is 0 Å². The Kier molecular flexibility index (Phi) is 3.85. The maximum Gasteiger partial charge on any atom is 0.116 e. The molecule has 0 aliphatic heterocycles. The van der Waals surface area contributed by atoms with E-state index in [1.165, 1.54) is 6.42 Å². The maximum atomic E-state index is 13.6. The smallest absolute Gasteiger partial charge is 0.116 e. The van der Waals surface area contributed by atoms with Crippen LogP contribution in [0.4, 0.5) is 4.39 Å². The number of rotatable bonds is 3. The molecule has 2 nitrogen and oxygen atoms in total. The van der Waals surface area contributed by atoms with Crippen LogP contribution in [0, 0.1) is 0 Å². The van der Waals surface area contributed by atoms with Gasteiger partial charge in [0.15, 0.2) is 0 Å². The third-order valence-electron chi connectivity index (χ3n) is 4.29. The Morgan fingerprint density at radius 1 is 1.19 bits per heavy atom. The van der Waals surface area contributed by atoms with Crippen LogP contribution in [0.5, 0.6) is 0 Å². The molecular weight excluding hydrogens is 205 g/mol. The number of halogens is 1. The van der Waals surface area contributed by atoms with E-state index in [-0.39, 0.29) is 6.04 Å². The van der Waals surface area contributed by atoms with Gasteiger partial charge in [0.25, 0.3) is 0 Å². The van der Waals surface area contributed by atoms with Crippen molar-refractivity contribution < 1.29 is 9.50 Å². The Hall–Kier alpha value is -0.150. The second-order valence-electron chi connectivity index (χ2n) is 5.71. The molecule has 1 N–H and O–H groups in total. The van der Waals surface area contributed by atoms with Crippen molar-refractivity contribution in [2.45, 2.75) is 69.2 Å². The summed E-state index contributed by atoms with van der Waals surface area (Å²) >= 11 is 0. The van der Waals surface area contributed by atoms with Crippen LogP contribution in [0.2, 0.25) is 0 Å². The predicted octanol–water partition coefficient (Wildman–Crippen LogP) is 2.50. The topological polar surface area (TPSA) is 23.5 Å². The normalized spacial score (nSPS) is 34.5. The minimum absolute atomic E-state index is 0.0472. The first-order valence-electron chi connectivity index (χ1n) is 6.67. The lowest BCUT2D eigenvalue weighted by Crippen LogP contribution is -2.48. The molecule has 3 heteroatoms. The molecule has 0 aromatic carbocycles. The standard InChI is InChI=1S/C13H24FNO/c1-15(12-7-5-6-11(12)14)10-13(16)8-3-2-4-9-13/h11-12,16H,2-10H2,1H3/t11-,12-/m1/s1. The lowest BCUT2D eigenvalue weighted by molar-refractivity contribution is -0.0339. The molecule has 2 aliphatic carbocycles. The Morgan fingerprint density at radius 3 is 2.44 bits per heavy atom. The van der Waals surface area contributed by atoms with Gasteiger partial charge in [-0.15, -0.1) is 0 Å². The van der Waals surface area contributed by atoms with Gasteiger partial charge in [-0.1, -0.05) is 19.3 Å². The first-order chi connectivity index (χ1) is 7.61. The number of hydrogen-bond acceptors (Lipinski definition) is 2. The zero-order valence-corrected chi connectivity index (χ0v) is 10.3. The summed E-state index contributed by atoms with van der Waals surface area (Å²) in [6, 6.07) is 0.0472. The van der Waals surface area contributed by atoms with E-state index in [0.29, 0.717) is 13.0 Å². The third kappa shape index (κ3) is 2.75. The second kappa shape index (κ2) is 5.01. The summed E-state index contributed by atoms with van der Waals surface area (Å²) in [5.41, 5.74) is -0.546. The molecule has 2 fully saturated rings. The molecule has 0 aromatic heterocycles. The summed E-state index contributed by atoms with van der Waals surface area (Å²) in [6.45, 7) is 0.651. The SMILES string of the molecule is CN(CC1(O)CCCCC1)[C@@H]1CCC[C@H]1F. The maximum absolute atomic E-state index is 13.6. The van der Waals surface area contributed by atoms with Gasteiger partial charge >= 0.3 is 0 Å². The summed E-state index contributed by atoms with van der Waals surface area (Å²) in [7, 11) is 1.97. The molecule has 0 spiro atoms. The van der Waals surface area contributed by atoms with Crippen molar-refractivity contribution in [3.8, 4) is 0 Å². The number of likely N-dealkylation sites (N-methyl/N-ethyl adjacent to an activating group) is 1. The van der Waals surface area contributed by atoms with Crippen LogP contribution < -0.4 is 0 Å². The fraction of sp³-hybridized carbons (Fsp3) is 1.00. The van der Waals surface area contributed by atoms with Crippen LogP contribution in [0.3, 0.4) is 0 Å². The molecule has 2 rings (SSSR count). The molecular formula is C13H24FNO.